The quantitative estimate of drug-likeness (QED) is 0.439. The summed E-state index contributed by atoms with van der Waals surface area (Å²) < 4.78 is 5.45. The molecule has 0 aromatic heterocycles. The number of phenols is 1. The molecular formula is C22H23BrN2O6. The summed E-state index contributed by atoms with van der Waals surface area (Å²) in [6.45, 7) is 0. The maximum absolute atomic E-state index is 11.4. The molecule has 2 atom stereocenters. The second-order valence-corrected chi connectivity index (χ2v) is 7.73. The summed E-state index contributed by atoms with van der Waals surface area (Å²) in [6, 6.07) is 17.8. The van der Waals surface area contributed by atoms with E-state index in [0.29, 0.717) is 37.2 Å². The number of benzene rings is 2. The van der Waals surface area contributed by atoms with Gasteiger partial charge in [0, 0.05) is 19.3 Å². The third-order valence-electron chi connectivity index (χ3n) is 4.14. The van der Waals surface area contributed by atoms with Crippen molar-refractivity contribution in [1.29, 1.82) is 0 Å². The van der Waals surface area contributed by atoms with E-state index in [2.05, 4.69) is 26.6 Å². The fraction of sp³-hybridized carbons (Fsp3) is 0.273. The first-order valence-corrected chi connectivity index (χ1v) is 10.5. The van der Waals surface area contributed by atoms with Gasteiger partial charge in [-0.3, -0.25) is 29.8 Å². The molecule has 2 aromatic carbocycles. The summed E-state index contributed by atoms with van der Waals surface area (Å²) >= 11 is 3.12. The Morgan fingerprint density at radius 1 is 0.774 bits per heavy atom. The molecule has 0 spiro atoms. The highest BCUT2D eigenvalue weighted by Gasteiger charge is 2.28. The standard InChI is InChI=1S/C11H11NO3.C6H6O.C5H6BrNO2/c13-10-7-6-9(11(14)12-10)15-8-4-2-1-3-5-8;7-6-4-2-1-3-5-6;6-3-1-2-4(8)7-5(3)9/h1-5,9H,6-7H2,(H,12,13,14);1-5,7H;3H,1-2H2,(H,7,8,9). The molecule has 0 radical (unpaired) electrons. The van der Waals surface area contributed by atoms with Gasteiger partial charge in [-0.15, -0.1) is 0 Å². The van der Waals surface area contributed by atoms with Gasteiger partial charge in [0.1, 0.15) is 11.5 Å². The number of alkyl halides is 1. The van der Waals surface area contributed by atoms with E-state index < -0.39 is 6.10 Å². The molecule has 2 fully saturated rings. The molecule has 164 valence electrons. The average molecular weight is 491 g/mol. The van der Waals surface area contributed by atoms with E-state index in [1.165, 1.54) is 0 Å². The summed E-state index contributed by atoms with van der Waals surface area (Å²) in [5.41, 5.74) is 0. The number of nitrogens with one attached hydrogen (secondary N) is 2. The number of aromatic hydroxyl groups is 1. The lowest BCUT2D eigenvalue weighted by Gasteiger charge is -2.21. The molecule has 4 rings (SSSR count). The van der Waals surface area contributed by atoms with Gasteiger partial charge in [0.25, 0.3) is 5.91 Å². The largest absolute Gasteiger partial charge is 0.508 e. The number of carbonyl (C=O) groups is 4. The minimum Gasteiger partial charge on any atom is -0.508 e. The Morgan fingerprint density at radius 3 is 1.74 bits per heavy atom. The zero-order valence-corrected chi connectivity index (χ0v) is 18.2. The fourth-order valence-corrected chi connectivity index (χ4v) is 2.89. The van der Waals surface area contributed by atoms with Crippen LogP contribution in [0, 0.1) is 0 Å². The average Bonchev–Trinajstić information content (AvgIpc) is 2.75. The van der Waals surface area contributed by atoms with E-state index in [1.54, 1.807) is 36.4 Å². The van der Waals surface area contributed by atoms with Gasteiger partial charge in [-0.1, -0.05) is 52.3 Å². The topological polar surface area (TPSA) is 122 Å². The molecule has 0 bridgehead atoms. The van der Waals surface area contributed by atoms with Crippen molar-refractivity contribution >= 4 is 39.6 Å². The second-order valence-electron chi connectivity index (χ2n) is 6.62. The molecular weight excluding hydrogens is 468 g/mol. The molecule has 0 aliphatic carbocycles. The first kappa shape index (κ1) is 24.1. The Balaban J connectivity index is 0.000000181. The molecule has 2 aromatic rings. The Kier molecular flexibility index (Phi) is 9.70. The lowest BCUT2D eigenvalue weighted by molar-refractivity contribution is -0.139. The zero-order chi connectivity index (χ0) is 22.6. The number of hydrogen-bond acceptors (Lipinski definition) is 6. The van der Waals surface area contributed by atoms with Crippen LogP contribution < -0.4 is 15.4 Å². The van der Waals surface area contributed by atoms with Crippen LogP contribution in [0.15, 0.2) is 60.7 Å². The SMILES string of the molecule is O=C1CCC(Br)C(=O)N1.O=C1CCC(Oc2ccccc2)C(=O)N1.Oc1ccccc1. The molecule has 2 unspecified atom stereocenters. The van der Waals surface area contributed by atoms with Gasteiger partial charge < -0.3 is 9.84 Å². The number of piperidine rings is 2. The molecule has 4 amide bonds. The minimum atomic E-state index is -0.551. The zero-order valence-electron chi connectivity index (χ0n) is 16.6. The smallest absolute Gasteiger partial charge is 0.267 e. The van der Waals surface area contributed by atoms with E-state index in [9.17, 15) is 19.2 Å². The van der Waals surface area contributed by atoms with Crippen molar-refractivity contribution in [2.75, 3.05) is 0 Å². The highest BCUT2D eigenvalue weighted by Crippen LogP contribution is 2.15. The van der Waals surface area contributed by atoms with Gasteiger partial charge in [0.15, 0.2) is 6.10 Å². The van der Waals surface area contributed by atoms with Crippen LogP contribution in [0.4, 0.5) is 0 Å². The lowest BCUT2D eigenvalue weighted by Crippen LogP contribution is -2.46. The number of amides is 4. The van der Waals surface area contributed by atoms with Gasteiger partial charge in [-0.05, 0) is 30.7 Å². The fourth-order valence-electron chi connectivity index (χ4n) is 2.54. The van der Waals surface area contributed by atoms with Crippen molar-refractivity contribution in [3.63, 3.8) is 0 Å². The van der Waals surface area contributed by atoms with Crippen LogP contribution in [0.1, 0.15) is 25.7 Å². The van der Waals surface area contributed by atoms with Gasteiger partial charge in [0.2, 0.25) is 17.7 Å². The highest BCUT2D eigenvalue weighted by atomic mass is 79.9. The van der Waals surface area contributed by atoms with Crippen molar-refractivity contribution in [2.45, 2.75) is 36.6 Å². The van der Waals surface area contributed by atoms with Crippen LogP contribution in [0.3, 0.4) is 0 Å². The van der Waals surface area contributed by atoms with E-state index in [0.717, 1.165) is 0 Å². The number of imide groups is 2. The van der Waals surface area contributed by atoms with Crippen LogP contribution in [-0.4, -0.2) is 39.7 Å². The van der Waals surface area contributed by atoms with E-state index >= 15 is 0 Å². The summed E-state index contributed by atoms with van der Waals surface area (Å²) in [5, 5.41) is 13.1. The maximum Gasteiger partial charge on any atom is 0.267 e. The van der Waals surface area contributed by atoms with Crippen LogP contribution in [0.2, 0.25) is 0 Å². The Labute approximate surface area is 188 Å². The second kappa shape index (κ2) is 12.5. The third-order valence-corrected chi connectivity index (χ3v) is 5.01. The van der Waals surface area contributed by atoms with Crippen molar-refractivity contribution < 1.29 is 29.0 Å². The van der Waals surface area contributed by atoms with Crippen LogP contribution in [-0.2, 0) is 19.2 Å². The first-order valence-electron chi connectivity index (χ1n) is 9.62. The van der Waals surface area contributed by atoms with Crippen molar-refractivity contribution in [1.82, 2.24) is 10.6 Å². The third kappa shape index (κ3) is 9.00. The lowest BCUT2D eigenvalue weighted by atomic mass is 10.1. The van der Waals surface area contributed by atoms with Gasteiger partial charge in [-0.2, -0.15) is 0 Å². The van der Waals surface area contributed by atoms with Crippen LogP contribution in [0.25, 0.3) is 0 Å². The molecule has 2 saturated heterocycles. The normalized spacial score (nSPS) is 20.2. The van der Waals surface area contributed by atoms with Gasteiger partial charge in [-0.25, -0.2) is 0 Å². The number of para-hydroxylation sites is 2. The highest BCUT2D eigenvalue weighted by molar-refractivity contribution is 9.10. The minimum absolute atomic E-state index is 0.171. The van der Waals surface area contributed by atoms with E-state index in [4.69, 9.17) is 9.84 Å². The van der Waals surface area contributed by atoms with Crippen molar-refractivity contribution in [2.24, 2.45) is 0 Å². The number of hydrogen-bond donors (Lipinski definition) is 3. The summed E-state index contributed by atoms with van der Waals surface area (Å²) in [4.78, 5) is 43.2. The number of rotatable bonds is 2. The van der Waals surface area contributed by atoms with E-state index in [-0.39, 0.29) is 28.5 Å². The Morgan fingerprint density at radius 2 is 1.29 bits per heavy atom. The predicted octanol–water partition coefficient (Wildman–Crippen LogP) is 2.45. The summed E-state index contributed by atoms with van der Waals surface area (Å²) in [6.07, 6.45) is 1.29. The van der Waals surface area contributed by atoms with E-state index in [1.807, 2.05) is 24.3 Å². The monoisotopic (exact) mass is 490 g/mol. The molecule has 3 N–H and O–H groups in total. The Hall–Kier alpha value is -3.20. The van der Waals surface area contributed by atoms with Gasteiger partial charge in [0.05, 0.1) is 4.83 Å². The summed E-state index contributed by atoms with van der Waals surface area (Å²) in [7, 11) is 0. The van der Waals surface area contributed by atoms with Crippen LogP contribution >= 0.6 is 15.9 Å². The summed E-state index contributed by atoms with van der Waals surface area (Å²) in [5.74, 6) is -0.000497. The number of carbonyl (C=O) groups excluding carboxylic acids is 4. The Bertz CT molecular complexity index is 891. The molecule has 8 nitrogen and oxygen atoms in total. The molecule has 31 heavy (non-hydrogen) atoms. The molecule has 9 heteroatoms. The predicted molar refractivity (Wildman–Crippen MR) is 116 cm³/mol. The first-order chi connectivity index (χ1) is 14.8. The van der Waals surface area contributed by atoms with Crippen molar-refractivity contribution in [3.05, 3.63) is 60.7 Å². The van der Waals surface area contributed by atoms with Gasteiger partial charge >= 0.3 is 0 Å². The molecule has 0 saturated carbocycles. The molecule has 2 heterocycles. The van der Waals surface area contributed by atoms with Crippen LogP contribution in [0.5, 0.6) is 11.5 Å². The molecule has 2 aliphatic rings. The maximum atomic E-state index is 11.4. The number of phenolic OH excluding ortho intramolecular Hbond substituents is 1. The number of ether oxygens (including phenoxy) is 1. The van der Waals surface area contributed by atoms with Crippen molar-refractivity contribution in [3.8, 4) is 11.5 Å². The molecule has 2 aliphatic heterocycles. The number of halogens is 1.